The number of hydrogen-bond acceptors (Lipinski definition) is 2. The average molecular weight is 356 g/mol. The molecular weight excluding hydrogens is 334 g/mol. The van der Waals surface area contributed by atoms with Crippen LogP contribution in [0.2, 0.25) is 0 Å². The summed E-state index contributed by atoms with van der Waals surface area (Å²) in [5.41, 5.74) is 3.50. The molecule has 134 valence electrons. The highest BCUT2D eigenvalue weighted by atomic mass is 16.2. The number of hydrogen-bond donors (Lipinski definition) is 2. The Balaban J connectivity index is 1.77. The lowest BCUT2D eigenvalue weighted by Gasteiger charge is -2.25. The third-order valence-electron chi connectivity index (χ3n) is 4.47. The van der Waals surface area contributed by atoms with E-state index >= 15 is 0 Å². The Kier molecular flexibility index (Phi) is 5.98. The molecule has 1 atom stereocenters. The lowest BCUT2D eigenvalue weighted by molar-refractivity contribution is -0.897. The lowest BCUT2D eigenvalue weighted by atomic mass is 9.97. The summed E-state index contributed by atoms with van der Waals surface area (Å²) in [6, 6.07) is 29.5. The first-order valence-corrected chi connectivity index (χ1v) is 8.89. The molecule has 0 saturated heterocycles. The van der Waals surface area contributed by atoms with E-state index in [1.54, 1.807) is 24.3 Å². The van der Waals surface area contributed by atoms with Gasteiger partial charge < -0.3 is 10.2 Å². The summed E-state index contributed by atoms with van der Waals surface area (Å²) in [7, 11) is 2.02. The van der Waals surface area contributed by atoms with E-state index in [1.807, 2.05) is 43.4 Å². The van der Waals surface area contributed by atoms with Gasteiger partial charge in [0, 0.05) is 16.8 Å². The number of quaternary nitrogens is 1. The second kappa shape index (κ2) is 8.79. The van der Waals surface area contributed by atoms with Gasteiger partial charge in [-0.05, 0) is 18.2 Å². The first kappa shape index (κ1) is 18.4. The largest absolute Gasteiger partial charge is 0.321 e. The number of benzene rings is 3. The summed E-state index contributed by atoms with van der Waals surface area (Å²) < 4.78 is 0. The van der Waals surface area contributed by atoms with Crippen molar-refractivity contribution in [3.8, 4) is 6.07 Å². The highest BCUT2D eigenvalue weighted by Crippen LogP contribution is 2.18. The molecule has 0 aliphatic rings. The molecule has 0 aliphatic heterocycles. The molecular formula is C23H22N3O+. The number of nitrogens with one attached hydrogen (secondary N) is 2. The number of rotatable bonds is 6. The van der Waals surface area contributed by atoms with Crippen LogP contribution in [0.3, 0.4) is 0 Å². The van der Waals surface area contributed by atoms with Crippen molar-refractivity contribution in [2.45, 2.75) is 6.04 Å². The Morgan fingerprint density at radius 1 is 0.963 bits per heavy atom. The van der Waals surface area contributed by atoms with Crippen LogP contribution in [0.5, 0.6) is 0 Å². The summed E-state index contributed by atoms with van der Waals surface area (Å²) in [5.74, 6) is -0.0838. The molecule has 0 bridgehead atoms. The summed E-state index contributed by atoms with van der Waals surface area (Å²) in [4.78, 5) is 13.6. The second-order valence-electron chi connectivity index (χ2n) is 6.52. The summed E-state index contributed by atoms with van der Waals surface area (Å²) in [6.07, 6.45) is 0. The van der Waals surface area contributed by atoms with Gasteiger partial charge in [0.25, 0.3) is 5.91 Å². The first-order chi connectivity index (χ1) is 13.2. The minimum absolute atomic E-state index is 0.0589. The van der Waals surface area contributed by atoms with Crippen LogP contribution in [0.1, 0.15) is 22.7 Å². The number of likely N-dealkylation sites (N-methyl/N-ethyl adjacent to an activating group) is 1. The van der Waals surface area contributed by atoms with Gasteiger partial charge in [0.1, 0.15) is 6.04 Å². The molecule has 4 heteroatoms. The molecule has 4 nitrogen and oxygen atoms in total. The Bertz CT molecular complexity index is 893. The molecule has 0 saturated carbocycles. The van der Waals surface area contributed by atoms with Crippen molar-refractivity contribution in [1.82, 2.24) is 0 Å². The number of amides is 1. The van der Waals surface area contributed by atoms with Crippen LogP contribution in [0.25, 0.3) is 0 Å². The minimum atomic E-state index is -0.0838. The van der Waals surface area contributed by atoms with E-state index in [9.17, 15) is 4.79 Å². The molecule has 0 heterocycles. The predicted molar refractivity (Wildman–Crippen MR) is 106 cm³/mol. The topological polar surface area (TPSA) is 57.3 Å². The van der Waals surface area contributed by atoms with E-state index in [1.165, 1.54) is 11.1 Å². The number of nitriles is 1. The Hall–Kier alpha value is -3.42. The normalized spacial score (nSPS) is 11.6. The van der Waals surface area contributed by atoms with E-state index < -0.39 is 0 Å². The van der Waals surface area contributed by atoms with Crippen LogP contribution in [0.15, 0.2) is 84.9 Å². The molecule has 3 aromatic carbocycles. The van der Waals surface area contributed by atoms with Gasteiger partial charge in [0.05, 0.1) is 18.7 Å². The zero-order valence-electron chi connectivity index (χ0n) is 15.2. The quantitative estimate of drug-likeness (QED) is 0.714. The highest BCUT2D eigenvalue weighted by Gasteiger charge is 2.24. The van der Waals surface area contributed by atoms with Gasteiger partial charge in [-0.3, -0.25) is 4.79 Å². The van der Waals surface area contributed by atoms with E-state index in [2.05, 4.69) is 35.7 Å². The van der Waals surface area contributed by atoms with Crippen molar-refractivity contribution in [2.75, 3.05) is 18.9 Å². The standard InChI is InChI=1S/C23H21N3O/c1-26(17-22(27)25-21-14-8-9-18(15-21)16-24)23(19-10-4-2-5-11-19)20-12-6-3-7-13-20/h2-15,23H,17H2,1H3,(H,25,27)/p+1. The van der Waals surface area contributed by atoms with E-state index in [0.29, 0.717) is 17.8 Å². The van der Waals surface area contributed by atoms with Crippen LogP contribution in [-0.4, -0.2) is 19.5 Å². The maximum absolute atomic E-state index is 12.6. The Morgan fingerprint density at radius 2 is 1.56 bits per heavy atom. The molecule has 3 rings (SSSR count). The van der Waals surface area contributed by atoms with Crippen LogP contribution in [0.4, 0.5) is 5.69 Å². The van der Waals surface area contributed by atoms with Gasteiger partial charge >= 0.3 is 0 Å². The van der Waals surface area contributed by atoms with E-state index in [0.717, 1.165) is 4.90 Å². The monoisotopic (exact) mass is 356 g/mol. The lowest BCUT2D eigenvalue weighted by Crippen LogP contribution is -3.10. The van der Waals surface area contributed by atoms with Crippen molar-refractivity contribution in [3.63, 3.8) is 0 Å². The Morgan fingerprint density at radius 3 is 2.11 bits per heavy atom. The van der Waals surface area contributed by atoms with Crippen molar-refractivity contribution < 1.29 is 9.69 Å². The fraction of sp³-hybridized carbons (Fsp3) is 0.130. The zero-order valence-corrected chi connectivity index (χ0v) is 15.2. The summed E-state index contributed by atoms with van der Waals surface area (Å²) in [5, 5.41) is 11.9. The maximum atomic E-state index is 12.6. The highest BCUT2D eigenvalue weighted by molar-refractivity contribution is 5.91. The van der Waals surface area contributed by atoms with Gasteiger partial charge in [0.15, 0.2) is 6.54 Å². The molecule has 0 spiro atoms. The second-order valence-corrected chi connectivity index (χ2v) is 6.52. The van der Waals surface area contributed by atoms with Gasteiger partial charge in [-0.15, -0.1) is 0 Å². The summed E-state index contributed by atoms with van der Waals surface area (Å²) >= 11 is 0. The molecule has 1 amide bonds. The fourth-order valence-corrected chi connectivity index (χ4v) is 3.28. The first-order valence-electron chi connectivity index (χ1n) is 8.89. The van der Waals surface area contributed by atoms with Crippen LogP contribution in [-0.2, 0) is 4.79 Å². The van der Waals surface area contributed by atoms with Crippen molar-refractivity contribution >= 4 is 11.6 Å². The van der Waals surface area contributed by atoms with Gasteiger partial charge in [-0.25, -0.2) is 0 Å². The maximum Gasteiger partial charge on any atom is 0.279 e. The van der Waals surface area contributed by atoms with Crippen LogP contribution >= 0.6 is 0 Å². The van der Waals surface area contributed by atoms with Crippen LogP contribution in [0, 0.1) is 11.3 Å². The van der Waals surface area contributed by atoms with Gasteiger partial charge in [-0.1, -0.05) is 66.7 Å². The predicted octanol–water partition coefficient (Wildman–Crippen LogP) is 2.80. The zero-order chi connectivity index (χ0) is 19.1. The van der Waals surface area contributed by atoms with Crippen molar-refractivity contribution in [3.05, 3.63) is 102 Å². The fourth-order valence-electron chi connectivity index (χ4n) is 3.28. The third-order valence-corrected chi connectivity index (χ3v) is 4.47. The smallest absolute Gasteiger partial charge is 0.279 e. The van der Waals surface area contributed by atoms with E-state index in [4.69, 9.17) is 5.26 Å². The molecule has 0 aliphatic carbocycles. The number of carbonyl (C=O) groups is 1. The molecule has 2 N–H and O–H groups in total. The molecule has 0 aromatic heterocycles. The Labute approximate surface area is 159 Å². The SMILES string of the molecule is C[NH+](CC(=O)Nc1cccc(C#N)c1)C(c1ccccc1)c1ccccc1. The van der Waals surface area contributed by atoms with Gasteiger partial charge in [0.2, 0.25) is 0 Å². The number of anilines is 1. The molecule has 0 radical (unpaired) electrons. The number of nitrogens with zero attached hydrogens (tertiary/aromatic N) is 1. The van der Waals surface area contributed by atoms with Crippen LogP contribution < -0.4 is 10.2 Å². The molecule has 1 unspecified atom stereocenters. The third kappa shape index (κ3) is 4.81. The van der Waals surface area contributed by atoms with Crippen molar-refractivity contribution in [2.24, 2.45) is 0 Å². The average Bonchev–Trinajstić information content (AvgIpc) is 2.70. The van der Waals surface area contributed by atoms with Crippen molar-refractivity contribution in [1.29, 1.82) is 5.26 Å². The molecule has 0 fully saturated rings. The number of carbonyl (C=O) groups excluding carboxylic acids is 1. The van der Waals surface area contributed by atoms with Gasteiger partial charge in [-0.2, -0.15) is 5.26 Å². The van der Waals surface area contributed by atoms with E-state index in [-0.39, 0.29) is 11.9 Å². The molecule has 27 heavy (non-hydrogen) atoms. The molecule has 3 aromatic rings. The summed E-state index contributed by atoms with van der Waals surface area (Å²) in [6.45, 7) is 0.311. The minimum Gasteiger partial charge on any atom is -0.321 e.